The smallest absolute Gasteiger partial charge is 0.311 e. The van der Waals surface area contributed by atoms with Crippen molar-refractivity contribution in [3.05, 3.63) is 12.7 Å². The molecule has 3 rings (SSSR count). The van der Waals surface area contributed by atoms with Crippen LogP contribution in [0.15, 0.2) is 12.7 Å². The fourth-order valence-electron chi connectivity index (χ4n) is 6.80. The van der Waals surface area contributed by atoms with Crippen molar-refractivity contribution in [2.75, 3.05) is 19.8 Å². The second-order valence-corrected chi connectivity index (χ2v) is 13.0. The van der Waals surface area contributed by atoms with E-state index in [0.717, 1.165) is 19.3 Å². The Labute approximate surface area is 215 Å². The van der Waals surface area contributed by atoms with Crippen molar-refractivity contribution in [1.29, 1.82) is 0 Å². The average Bonchev–Trinajstić information content (AvgIpc) is 3.36. The van der Waals surface area contributed by atoms with Gasteiger partial charge < -0.3 is 19.6 Å². The molecule has 0 aromatic carbocycles. The van der Waals surface area contributed by atoms with Gasteiger partial charge in [0.05, 0.1) is 35.8 Å². The monoisotopic (exact) mass is 508 g/mol. The molecule has 3 aliphatic rings. The number of hydrogen-bond acceptors (Lipinski definition) is 6. The molecule has 8 heteroatoms. The van der Waals surface area contributed by atoms with Crippen molar-refractivity contribution in [3.63, 3.8) is 0 Å². The predicted octanol–water partition coefficient (Wildman–Crippen LogP) is 3.64. The van der Waals surface area contributed by atoms with Crippen molar-refractivity contribution >= 4 is 29.5 Å². The number of hydrogen-bond donors (Lipinski definition) is 1. The molecule has 35 heavy (non-hydrogen) atoms. The molecule has 198 valence electrons. The number of thioether (sulfide) groups is 1. The second kappa shape index (κ2) is 10.8. The van der Waals surface area contributed by atoms with Gasteiger partial charge in [-0.05, 0) is 52.4 Å². The maximum absolute atomic E-state index is 14.4. The van der Waals surface area contributed by atoms with Crippen LogP contribution in [0.1, 0.15) is 73.6 Å². The molecule has 7 atom stereocenters. The molecular weight excluding hydrogens is 464 g/mol. The van der Waals surface area contributed by atoms with Gasteiger partial charge in [0.2, 0.25) is 11.8 Å². The Morgan fingerprint density at radius 3 is 2.54 bits per heavy atom. The van der Waals surface area contributed by atoms with E-state index in [0.29, 0.717) is 19.4 Å². The molecule has 3 aliphatic heterocycles. The molecule has 0 saturated carbocycles. The minimum atomic E-state index is -0.721. The van der Waals surface area contributed by atoms with E-state index >= 15 is 0 Å². The quantitative estimate of drug-likeness (QED) is 0.320. The number of carbonyl (C=O) groups excluding carboxylic acids is 3. The lowest BCUT2D eigenvalue weighted by molar-refractivity contribution is -0.155. The fraction of sp³-hybridized carbons (Fsp3) is 0.815. The molecule has 0 aromatic rings. The molecule has 2 bridgehead atoms. The summed E-state index contributed by atoms with van der Waals surface area (Å²) in [5.74, 6) is -1.59. The molecular formula is C27H44N2O5S. The van der Waals surface area contributed by atoms with Crippen LogP contribution in [0.4, 0.5) is 0 Å². The van der Waals surface area contributed by atoms with Crippen LogP contribution >= 0.6 is 11.8 Å². The van der Waals surface area contributed by atoms with Crippen LogP contribution in [0.2, 0.25) is 0 Å². The van der Waals surface area contributed by atoms with Gasteiger partial charge in [0.25, 0.3) is 0 Å². The van der Waals surface area contributed by atoms with Crippen LogP contribution in [0.5, 0.6) is 0 Å². The summed E-state index contributed by atoms with van der Waals surface area (Å²) < 4.78 is 4.31. The van der Waals surface area contributed by atoms with E-state index in [-0.39, 0.29) is 43.0 Å². The van der Waals surface area contributed by atoms with Crippen LogP contribution in [-0.2, 0) is 19.1 Å². The van der Waals surface area contributed by atoms with Crippen LogP contribution < -0.4 is 0 Å². The standard InChI is InChI=1S/C27H44N2O5S/c1-8-11-18(6)28(14-9-2)24(32)22-27-13-12-26(7,35-27)21(25(33)34-10-3)20(27)23(31)29(22)19(16-30)15-17(4)5/h9,17-22,30H,2,8,10-16H2,1,3-7H3/t18?,19-,20+,21+,22?,26-,27?/m1/s1. The number of nitrogens with zero attached hydrogens (tertiary/aromatic N) is 2. The van der Waals surface area contributed by atoms with Crippen molar-refractivity contribution in [2.45, 2.75) is 101 Å². The van der Waals surface area contributed by atoms with Gasteiger partial charge in [-0.15, -0.1) is 18.3 Å². The molecule has 1 N–H and O–H groups in total. The third-order valence-corrected chi connectivity index (χ3v) is 10.2. The number of amides is 2. The highest BCUT2D eigenvalue weighted by molar-refractivity contribution is 8.02. The van der Waals surface area contributed by atoms with E-state index in [1.54, 1.807) is 29.7 Å². The Morgan fingerprint density at radius 2 is 2.00 bits per heavy atom. The number of aliphatic hydroxyl groups is 1. The molecule has 0 aromatic heterocycles. The van der Waals surface area contributed by atoms with Crippen LogP contribution in [0.3, 0.4) is 0 Å². The fourth-order valence-corrected chi connectivity index (χ4v) is 9.13. The van der Waals surface area contributed by atoms with Gasteiger partial charge in [-0.2, -0.15) is 0 Å². The van der Waals surface area contributed by atoms with Gasteiger partial charge in [-0.1, -0.05) is 33.3 Å². The molecule has 3 fully saturated rings. The topological polar surface area (TPSA) is 87.2 Å². The lowest BCUT2D eigenvalue weighted by atomic mass is 9.66. The average molecular weight is 509 g/mol. The number of aliphatic hydroxyl groups excluding tert-OH is 1. The minimum Gasteiger partial charge on any atom is -0.466 e. The summed E-state index contributed by atoms with van der Waals surface area (Å²) in [5.41, 5.74) is 0. The Morgan fingerprint density at radius 1 is 1.31 bits per heavy atom. The highest BCUT2D eigenvalue weighted by Crippen LogP contribution is 2.71. The number of fused-ring (bicyclic) bond motifs is 1. The minimum absolute atomic E-state index is 0.00405. The van der Waals surface area contributed by atoms with E-state index in [9.17, 15) is 19.5 Å². The Balaban J connectivity index is 2.14. The van der Waals surface area contributed by atoms with E-state index < -0.39 is 33.4 Å². The van der Waals surface area contributed by atoms with Crippen molar-refractivity contribution < 1.29 is 24.2 Å². The Hall–Kier alpha value is -1.54. The molecule has 7 nitrogen and oxygen atoms in total. The van der Waals surface area contributed by atoms with Gasteiger partial charge in [0.15, 0.2) is 0 Å². The normalized spacial score (nSPS) is 33.1. The largest absolute Gasteiger partial charge is 0.466 e. The summed E-state index contributed by atoms with van der Waals surface area (Å²) in [6.07, 6.45) is 5.56. The lowest BCUT2D eigenvalue weighted by Gasteiger charge is -2.41. The van der Waals surface area contributed by atoms with Gasteiger partial charge in [-0.25, -0.2) is 0 Å². The number of esters is 1. The molecule has 3 unspecified atom stereocenters. The van der Waals surface area contributed by atoms with E-state index in [1.165, 1.54) is 0 Å². The highest BCUT2D eigenvalue weighted by Gasteiger charge is 2.78. The molecule has 1 spiro atoms. The van der Waals surface area contributed by atoms with Crippen LogP contribution in [0, 0.1) is 17.8 Å². The summed E-state index contributed by atoms with van der Waals surface area (Å²) >= 11 is 1.65. The third kappa shape index (κ3) is 4.65. The van der Waals surface area contributed by atoms with E-state index in [4.69, 9.17) is 4.74 Å². The van der Waals surface area contributed by atoms with Crippen molar-refractivity contribution in [3.8, 4) is 0 Å². The van der Waals surface area contributed by atoms with Crippen molar-refractivity contribution in [2.24, 2.45) is 17.8 Å². The summed E-state index contributed by atoms with van der Waals surface area (Å²) in [6, 6.07) is -1.20. The zero-order valence-corrected chi connectivity index (χ0v) is 23.1. The Kier molecular flexibility index (Phi) is 8.68. The third-order valence-electron chi connectivity index (χ3n) is 8.18. The number of ether oxygens (including phenoxy) is 1. The summed E-state index contributed by atoms with van der Waals surface area (Å²) in [4.78, 5) is 45.3. The summed E-state index contributed by atoms with van der Waals surface area (Å²) in [7, 11) is 0. The maximum Gasteiger partial charge on any atom is 0.311 e. The SMILES string of the molecule is C=CCN(C(=O)C1N([C@@H](CO)CC(C)C)C(=O)[C@@H]2[C@@H](C(=O)OCC)[C@@]3(C)CCC12S3)C(C)CCC. The second-order valence-electron chi connectivity index (χ2n) is 11.1. The summed E-state index contributed by atoms with van der Waals surface area (Å²) in [6.45, 7) is 16.4. The molecule has 3 saturated heterocycles. The van der Waals surface area contributed by atoms with E-state index in [2.05, 4.69) is 27.4 Å². The lowest BCUT2D eigenvalue weighted by Crippen LogP contribution is -2.59. The van der Waals surface area contributed by atoms with Gasteiger partial charge in [-0.3, -0.25) is 14.4 Å². The van der Waals surface area contributed by atoms with E-state index in [1.807, 2.05) is 18.7 Å². The van der Waals surface area contributed by atoms with Crippen LogP contribution in [-0.4, -0.2) is 80.1 Å². The number of rotatable bonds is 12. The first-order valence-electron chi connectivity index (χ1n) is 13.2. The Bertz CT molecular complexity index is 834. The molecule has 0 radical (unpaired) electrons. The highest BCUT2D eigenvalue weighted by atomic mass is 32.2. The first-order chi connectivity index (χ1) is 16.5. The molecule has 2 amide bonds. The molecule has 0 aliphatic carbocycles. The van der Waals surface area contributed by atoms with Gasteiger partial charge >= 0.3 is 5.97 Å². The number of likely N-dealkylation sites (tertiary alicyclic amines) is 1. The van der Waals surface area contributed by atoms with Gasteiger partial charge in [0.1, 0.15) is 6.04 Å². The predicted molar refractivity (Wildman–Crippen MR) is 139 cm³/mol. The van der Waals surface area contributed by atoms with Gasteiger partial charge in [0, 0.05) is 17.3 Å². The summed E-state index contributed by atoms with van der Waals surface area (Å²) in [5, 5.41) is 10.4. The molecule has 3 heterocycles. The first kappa shape index (κ1) is 28.0. The first-order valence-corrected chi connectivity index (χ1v) is 14.1. The number of carbonyl (C=O) groups is 3. The van der Waals surface area contributed by atoms with Crippen molar-refractivity contribution in [1.82, 2.24) is 9.80 Å². The zero-order valence-electron chi connectivity index (χ0n) is 22.3. The zero-order chi connectivity index (χ0) is 26.1. The maximum atomic E-state index is 14.4. The van der Waals surface area contributed by atoms with Crippen LogP contribution in [0.25, 0.3) is 0 Å².